The van der Waals surface area contributed by atoms with Crippen LogP contribution in [-0.4, -0.2) is 26.5 Å². The zero-order valence-electron chi connectivity index (χ0n) is 15.1. The maximum absolute atomic E-state index is 4.57. The van der Waals surface area contributed by atoms with E-state index in [0.29, 0.717) is 0 Å². The molecule has 6 nitrogen and oxygen atoms in total. The lowest BCUT2D eigenvalue weighted by Gasteiger charge is -2.30. The highest BCUT2D eigenvalue weighted by Gasteiger charge is 2.22. The summed E-state index contributed by atoms with van der Waals surface area (Å²) in [7, 11) is 0. The van der Waals surface area contributed by atoms with Crippen LogP contribution in [0, 0.1) is 6.92 Å². The first-order valence-corrected chi connectivity index (χ1v) is 8.87. The van der Waals surface area contributed by atoms with Gasteiger partial charge in [-0.15, -0.1) is 0 Å². The third-order valence-corrected chi connectivity index (χ3v) is 4.76. The Hall–Kier alpha value is -3.02. The molecule has 1 unspecified atom stereocenters. The minimum absolute atomic E-state index is 0.121. The molecule has 3 aromatic heterocycles. The van der Waals surface area contributed by atoms with Crippen LogP contribution < -0.4 is 10.2 Å². The summed E-state index contributed by atoms with van der Waals surface area (Å²) >= 11 is 0. The van der Waals surface area contributed by atoms with Crippen molar-refractivity contribution in [2.45, 2.75) is 32.9 Å². The van der Waals surface area contributed by atoms with Crippen molar-refractivity contribution in [2.24, 2.45) is 0 Å². The first-order chi connectivity index (χ1) is 12.7. The van der Waals surface area contributed by atoms with E-state index in [-0.39, 0.29) is 6.04 Å². The van der Waals surface area contributed by atoms with Crippen molar-refractivity contribution in [1.29, 1.82) is 0 Å². The second-order valence-electron chi connectivity index (χ2n) is 6.67. The van der Waals surface area contributed by atoms with E-state index in [0.717, 1.165) is 48.0 Å². The number of fused-ring (bicyclic) bond motifs is 1. The van der Waals surface area contributed by atoms with Crippen molar-refractivity contribution >= 4 is 11.6 Å². The molecule has 132 valence electrons. The molecule has 6 heteroatoms. The monoisotopic (exact) mass is 346 g/mol. The van der Waals surface area contributed by atoms with E-state index < -0.39 is 0 Å². The zero-order valence-corrected chi connectivity index (χ0v) is 15.1. The predicted octanol–water partition coefficient (Wildman–Crippen LogP) is 3.31. The number of aryl methyl sites for hydroxylation is 1. The molecule has 0 fully saturated rings. The summed E-state index contributed by atoms with van der Waals surface area (Å²) in [5.74, 6) is 1.89. The van der Waals surface area contributed by atoms with E-state index in [1.807, 2.05) is 18.5 Å². The smallest absolute Gasteiger partial charge is 0.135 e. The van der Waals surface area contributed by atoms with Crippen LogP contribution in [0.1, 0.15) is 35.3 Å². The van der Waals surface area contributed by atoms with Gasteiger partial charge < -0.3 is 10.2 Å². The van der Waals surface area contributed by atoms with Crippen LogP contribution >= 0.6 is 0 Å². The highest BCUT2D eigenvalue weighted by molar-refractivity contribution is 5.53. The fourth-order valence-corrected chi connectivity index (χ4v) is 3.23. The van der Waals surface area contributed by atoms with Gasteiger partial charge in [0.25, 0.3) is 0 Å². The van der Waals surface area contributed by atoms with E-state index in [2.05, 4.69) is 62.2 Å². The van der Waals surface area contributed by atoms with E-state index in [9.17, 15) is 0 Å². The molecule has 0 bridgehead atoms. The molecule has 0 saturated carbocycles. The minimum Gasteiger partial charge on any atom is -0.363 e. The van der Waals surface area contributed by atoms with Crippen molar-refractivity contribution in [3.05, 3.63) is 71.6 Å². The Morgan fingerprint density at radius 3 is 2.81 bits per heavy atom. The molecule has 1 aliphatic rings. The molecule has 4 heterocycles. The molecule has 0 radical (unpaired) electrons. The van der Waals surface area contributed by atoms with Crippen molar-refractivity contribution in [3.63, 3.8) is 0 Å². The van der Waals surface area contributed by atoms with Crippen molar-refractivity contribution in [1.82, 2.24) is 19.9 Å². The minimum atomic E-state index is 0.121. The van der Waals surface area contributed by atoms with Gasteiger partial charge in [0.15, 0.2) is 0 Å². The molecule has 1 N–H and O–H groups in total. The van der Waals surface area contributed by atoms with Gasteiger partial charge in [-0.3, -0.25) is 4.98 Å². The van der Waals surface area contributed by atoms with Crippen LogP contribution in [0.5, 0.6) is 0 Å². The molecule has 4 rings (SSSR count). The topological polar surface area (TPSA) is 66.8 Å². The van der Waals surface area contributed by atoms with Gasteiger partial charge in [0.1, 0.15) is 18.0 Å². The summed E-state index contributed by atoms with van der Waals surface area (Å²) in [5, 5.41) is 3.53. The van der Waals surface area contributed by atoms with E-state index >= 15 is 0 Å². The Labute approximate surface area is 153 Å². The number of aromatic nitrogens is 4. The van der Waals surface area contributed by atoms with Gasteiger partial charge in [-0.25, -0.2) is 15.0 Å². The predicted molar refractivity (Wildman–Crippen MR) is 102 cm³/mol. The van der Waals surface area contributed by atoms with Crippen LogP contribution in [0.4, 0.5) is 11.6 Å². The molecule has 3 aromatic rings. The Morgan fingerprint density at radius 2 is 2.04 bits per heavy atom. The average molecular weight is 346 g/mol. The molecule has 0 aromatic carbocycles. The molecular weight excluding hydrogens is 324 g/mol. The maximum Gasteiger partial charge on any atom is 0.135 e. The fourth-order valence-electron chi connectivity index (χ4n) is 3.23. The summed E-state index contributed by atoms with van der Waals surface area (Å²) in [6.07, 6.45) is 8.12. The molecule has 0 amide bonds. The van der Waals surface area contributed by atoms with E-state index in [4.69, 9.17) is 0 Å². The third-order valence-electron chi connectivity index (χ3n) is 4.76. The van der Waals surface area contributed by atoms with Crippen molar-refractivity contribution in [3.8, 4) is 0 Å². The first-order valence-electron chi connectivity index (χ1n) is 8.87. The van der Waals surface area contributed by atoms with Gasteiger partial charge in [0.05, 0.1) is 11.7 Å². The average Bonchev–Trinajstić information content (AvgIpc) is 2.69. The number of nitrogens with one attached hydrogen (secondary N) is 1. The molecule has 1 aliphatic heterocycles. The Balaban J connectivity index is 1.58. The van der Waals surface area contributed by atoms with Crippen LogP contribution in [0.2, 0.25) is 0 Å². The second-order valence-corrected chi connectivity index (χ2v) is 6.67. The van der Waals surface area contributed by atoms with Gasteiger partial charge in [-0.05, 0) is 37.1 Å². The largest absolute Gasteiger partial charge is 0.363 e. The second kappa shape index (κ2) is 7.07. The zero-order chi connectivity index (χ0) is 17.9. The van der Waals surface area contributed by atoms with Crippen LogP contribution in [-0.2, 0) is 13.0 Å². The van der Waals surface area contributed by atoms with Crippen molar-refractivity contribution < 1.29 is 0 Å². The quantitative estimate of drug-likeness (QED) is 0.782. The summed E-state index contributed by atoms with van der Waals surface area (Å²) in [5.41, 5.74) is 4.57. The standard InChI is InChI=1S/C20H22N6/c1-14-5-6-19(22-10-14)26-9-7-18-17(12-26)20(24-13-23-18)25-15(2)16-4-3-8-21-11-16/h3-6,8,10-11,13,15H,7,9,12H2,1-2H3,(H,23,24,25). The summed E-state index contributed by atoms with van der Waals surface area (Å²) in [4.78, 5) is 20.1. The summed E-state index contributed by atoms with van der Waals surface area (Å²) in [6.45, 7) is 5.84. The lowest BCUT2D eigenvalue weighted by molar-refractivity contribution is 0.694. The van der Waals surface area contributed by atoms with Crippen LogP contribution in [0.25, 0.3) is 0 Å². The number of nitrogens with zero attached hydrogens (tertiary/aromatic N) is 5. The summed E-state index contributed by atoms with van der Waals surface area (Å²) in [6, 6.07) is 8.32. The fraction of sp³-hybridized carbons (Fsp3) is 0.300. The Morgan fingerprint density at radius 1 is 1.12 bits per heavy atom. The molecule has 0 saturated heterocycles. The number of rotatable bonds is 4. The van der Waals surface area contributed by atoms with Gasteiger partial charge in [0, 0.05) is 43.7 Å². The number of hydrogen-bond donors (Lipinski definition) is 1. The van der Waals surface area contributed by atoms with Crippen molar-refractivity contribution in [2.75, 3.05) is 16.8 Å². The highest BCUT2D eigenvalue weighted by Crippen LogP contribution is 2.28. The molecular formula is C20H22N6. The highest BCUT2D eigenvalue weighted by atomic mass is 15.2. The number of hydrogen-bond acceptors (Lipinski definition) is 6. The molecule has 0 spiro atoms. The normalized spacial score (nSPS) is 14.6. The van der Waals surface area contributed by atoms with Crippen LogP contribution in [0.15, 0.2) is 49.2 Å². The summed E-state index contributed by atoms with van der Waals surface area (Å²) < 4.78 is 0. The van der Waals surface area contributed by atoms with Crippen LogP contribution in [0.3, 0.4) is 0 Å². The Bertz CT molecular complexity index is 879. The molecule has 1 atom stereocenters. The maximum atomic E-state index is 4.57. The van der Waals surface area contributed by atoms with Gasteiger partial charge >= 0.3 is 0 Å². The van der Waals surface area contributed by atoms with E-state index in [1.54, 1.807) is 12.5 Å². The SMILES string of the molecule is Cc1ccc(N2CCc3ncnc(NC(C)c4cccnc4)c3C2)nc1. The first kappa shape index (κ1) is 16.4. The lowest BCUT2D eigenvalue weighted by Crippen LogP contribution is -2.32. The van der Waals surface area contributed by atoms with Gasteiger partial charge in [0.2, 0.25) is 0 Å². The third kappa shape index (κ3) is 3.35. The molecule has 26 heavy (non-hydrogen) atoms. The molecule has 0 aliphatic carbocycles. The Kier molecular flexibility index (Phi) is 4.48. The van der Waals surface area contributed by atoms with Gasteiger partial charge in [-0.1, -0.05) is 12.1 Å². The number of anilines is 2. The lowest BCUT2D eigenvalue weighted by atomic mass is 10.0. The van der Waals surface area contributed by atoms with Gasteiger partial charge in [-0.2, -0.15) is 0 Å². The van der Waals surface area contributed by atoms with E-state index in [1.165, 1.54) is 5.56 Å². The number of pyridine rings is 2.